The lowest BCUT2D eigenvalue weighted by Crippen LogP contribution is -2.49. The minimum absolute atomic E-state index is 0.0516. The van der Waals surface area contributed by atoms with Crippen LogP contribution in [0.3, 0.4) is 0 Å². The van der Waals surface area contributed by atoms with E-state index in [1.54, 1.807) is 41.6 Å². The Labute approximate surface area is 174 Å². The quantitative estimate of drug-likeness (QED) is 0.764. The van der Waals surface area contributed by atoms with Crippen LogP contribution in [-0.2, 0) is 4.79 Å². The number of carbonyl (C=O) groups is 2. The van der Waals surface area contributed by atoms with E-state index in [0.717, 1.165) is 5.69 Å². The lowest BCUT2D eigenvalue weighted by molar-refractivity contribution is -0.139. The molecule has 1 aliphatic carbocycles. The molecule has 0 radical (unpaired) electrons. The zero-order valence-corrected chi connectivity index (χ0v) is 16.4. The fourth-order valence-corrected chi connectivity index (χ4v) is 3.50. The zero-order valence-electron chi connectivity index (χ0n) is 16.4. The fourth-order valence-electron chi connectivity index (χ4n) is 3.50. The number of aliphatic imine (C=N–C) groups is 1. The molecule has 2 aliphatic rings. The highest BCUT2D eigenvalue weighted by molar-refractivity contribution is 5.94. The Kier molecular flexibility index (Phi) is 5.19. The SMILES string of the molecule is N#Cc1ccc(C(=O)N2CCN(c3cccnc3C=NC3(C(=O)O)CC3)CC2)cc1. The smallest absolute Gasteiger partial charge is 0.331 e. The van der Waals surface area contributed by atoms with Gasteiger partial charge in [-0.3, -0.25) is 14.8 Å². The average molecular weight is 403 g/mol. The molecule has 1 saturated heterocycles. The molecule has 1 saturated carbocycles. The van der Waals surface area contributed by atoms with Gasteiger partial charge in [-0.05, 0) is 49.2 Å². The number of benzene rings is 1. The molecule has 8 nitrogen and oxygen atoms in total. The number of nitrogens with zero attached hydrogens (tertiary/aromatic N) is 5. The van der Waals surface area contributed by atoms with Crippen molar-refractivity contribution >= 4 is 23.8 Å². The summed E-state index contributed by atoms with van der Waals surface area (Å²) in [5.41, 5.74) is 1.63. The molecule has 2 heterocycles. The van der Waals surface area contributed by atoms with Crippen LogP contribution in [0.2, 0.25) is 0 Å². The Morgan fingerprint density at radius 3 is 2.43 bits per heavy atom. The summed E-state index contributed by atoms with van der Waals surface area (Å²) >= 11 is 0. The van der Waals surface area contributed by atoms with Crippen LogP contribution in [0.5, 0.6) is 0 Å². The summed E-state index contributed by atoms with van der Waals surface area (Å²) in [6.45, 7) is 2.39. The zero-order chi connectivity index (χ0) is 21.1. The van der Waals surface area contributed by atoms with Crippen molar-refractivity contribution in [2.45, 2.75) is 18.4 Å². The number of aromatic nitrogens is 1. The van der Waals surface area contributed by atoms with Crippen molar-refractivity contribution < 1.29 is 14.7 Å². The van der Waals surface area contributed by atoms with E-state index in [0.29, 0.717) is 55.8 Å². The molecule has 1 aliphatic heterocycles. The van der Waals surface area contributed by atoms with Crippen molar-refractivity contribution in [1.29, 1.82) is 5.26 Å². The molecule has 0 spiro atoms. The van der Waals surface area contributed by atoms with Crippen LogP contribution in [0.1, 0.15) is 34.5 Å². The molecule has 4 rings (SSSR count). The molecular weight excluding hydrogens is 382 g/mol. The van der Waals surface area contributed by atoms with Crippen molar-refractivity contribution in [3.63, 3.8) is 0 Å². The normalized spacial score (nSPS) is 17.6. The molecular formula is C22H21N5O3. The first kappa shape index (κ1) is 19.6. The monoisotopic (exact) mass is 403 g/mol. The third kappa shape index (κ3) is 3.87. The third-order valence-corrected chi connectivity index (χ3v) is 5.54. The molecule has 1 amide bonds. The van der Waals surface area contributed by atoms with Gasteiger partial charge in [0.05, 0.1) is 23.5 Å². The highest BCUT2D eigenvalue weighted by Crippen LogP contribution is 2.40. The Hall–Kier alpha value is -3.73. The molecule has 0 atom stereocenters. The van der Waals surface area contributed by atoms with Gasteiger partial charge in [-0.25, -0.2) is 4.79 Å². The van der Waals surface area contributed by atoms with E-state index in [-0.39, 0.29) is 5.91 Å². The van der Waals surface area contributed by atoms with E-state index in [2.05, 4.69) is 20.9 Å². The summed E-state index contributed by atoms with van der Waals surface area (Å²) in [5, 5.41) is 18.2. The number of nitriles is 1. The van der Waals surface area contributed by atoms with Gasteiger partial charge in [-0.1, -0.05) is 0 Å². The van der Waals surface area contributed by atoms with Gasteiger partial charge in [0.15, 0.2) is 5.54 Å². The maximum Gasteiger partial charge on any atom is 0.331 e. The van der Waals surface area contributed by atoms with Crippen LogP contribution in [0, 0.1) is 11.3 Å². The summed E-state index contributed by atoms with van der Waals surface area (Å²) in [7, 11) is 0. The number of rotatable bonds is 5. The van der Waals surface area contributed by atoms with Gasteiger partial charge < -0.3 is 14.9 Å². The summed E-state index contributed by atoms with van der Waals surface area (Å²) in [6, 6.07) is 12.5. The number of carbonyl (C=O) groups excluding carboxylic acids is 1. The molecule has 0 unspecified atom stereocenters. The van der Waals surface area contributed by atoms with Gasteiger partial charge in [-0.15, -0.1) is 0 Å². The summed E-state index contributed by atoms with van der Waals surface area (Å²) in [4.78, 5) is 36.7. The van der Waals surface area contributed by atoms with Gasteiger partial charge in [0.1, 0.15) is 5.69 Å². The Morgan fingerprint density at radius 2 is 1.83 bits per heavy atom. The first-order chi connectivity index (χ1) is 14.5. The molecule has 2 fully saturated rings. The maximum atomic E-state index is 12.7. The van der Waals surface area contributed by atoms with E-state index < -0.39 is 11.5 Å². The topological polar surface area (TPSA) is 110 Å². The lowest BCUT2D eigenvalue weighted by Gasteiger charge is -2.36. The number of pyridine rings is 1. The molecule has 8 heteroatoms. The van der Waals surface area contributed by atoms with Gasteiger partial charge in [-0.2, -0.15) is 5.26 Å². The number of anilines is 1. The number of piperazine rings is 1. The Bertz CT molecular complexity index is 1030. The first-order valence-electron chi connectivity index (χ1n) is 9.80. The largest absolute Gasteiger partial charge is 0.479 e. The van der Waals surface area contributed by atoms with Gasteiger partial charge in [0.2, 0.25) is 0 Å². The minimum Gasteiger partial charge on any atom is -0.479 e. The highest BCUT2D eigenvalue weighted by Gasteiger charge is 2.50. The summed E-state index contributed by atoms with van der Waals surface area (Å²) < 4.78 is 0. The van der Waals surface area contributed by atoms with Crippen LogP contribution >= 0.6 is 0 Å². The Balaban J connectivity index is 1.43. The van der Waals surface area contributed by atoms with E-state index >= 15 is 0 Å². The van der Waals surface area contributed by atoms with Crippen molar-refractivity contribution in [1.82, 2.24) is 9.88 Å². The van der Waals surface area contributed by atoms with Gasteiger partial charge >= 0.3 is 5.97 Å². The molecule has 30 heavy (non-hydrogen) atoms. The Morgan fingerprint density at radius 1 is 1.13 bits per heavy atom. The average Bonchev–Trinajstić information content (AvgIpc) is 3.59. The maximum absolute atomic E-state index is 12.7. The van der Waals surface area contributed by atoms with E-state index in [1.807, 2.05) is 12.1 Å². The number of carboxylic acid groups (broad SMARTS) is 1. The van der Waals surface area contributed by atoms with Crippen molar-refractivity contribution in [3.8, 4) is 6.07 Å². The van der Waals surface area contributed by atoms with E-state index in [9.17, 15) is 14.7 Å². The standard InChI is InChI=1S/C22H21N5O3/c23-14-16-3-5-17(6-4-16)20(28)27-12-10-26(11-13-27)19-2-1-9-24-18(19)15-25-22(7-8-22)21(29)30/h1-6,9,15H,7-8,10-13H2,(H,29,30). The lowest BCUT2D eigenvalue weighted by atomic mass is 10.1. The van der Waals surface area contributed by atoms with E-state index in [4.69, 9.17) is 5.26 Å². The highest BCUT2D eigenvalue weighted by atomic mass is 16.4. The molecule has 1 N–H and O–H groups in total. The number of amides is 1. The summed E-state index contributed by atoms with van der Waals surface area (Å²) in [6.07, 6.45) is 4.33. The predicted octanol–water partition coefficient (Wildman–Crippen LogP) is 1.95. The minimum atomic E-state index is -0.985. The number of hydrogen-bond acceptors (Lipinski definition) is 6. The van der Waals surface area contributed by atoms with Crippen LogP contribution in [0.4, 0.5) is 5.69 Å². The van der Waals surface area contributed by atoms with Crippen LogP contribution in [-0.4, -0.2) is 64.8 Å². The van der Waals surface area contributed by atoms with Gasteiger partial charge in [0, 0.05) is 37.9 Å². The second kappa shape index (κ2) is 7.95. The molecule has 152 valence electrons. The number of hydrogen-bond donors (Lipinski definition) is 1. The predicted molar refractivity (Wildman–Crippen MR) is 111 cm³/mol. The van der Waals surface area contributed by atoms with Crippen molar-refractivity contribution in [3.05, 3.63) is 59.4 Å². The second-order valence-corrected chi connectivity index (χ2v) is 7.47. The van der Waals surface area contributed by atoms with Crippen LogP contribution in [0.15, 0.2) is 47.6 Å². The molecule has 1 aromatic heterocycles. The third-order valence-electron chi connectivity index (χ3n) is 5.54. The second-order valence-electron chi connectivity index (χ2n) is 7.47. The van der Waals surface area contributed by atoms with Crippen molar-refractivity contribution in [2.75, 3.05) is 31.1 Å². The van der Waals surface area contributed by atoms with Crippen LogP contribution in [0.25, 0.3) is 0 Å². The number of aliphatic carboxylic acids is 1. The molecule has 2 aromatic rings. The fraction of sp³-hybridized carbons (Fsp3) is 0.318. The van der Waals surface area contributed by atoms with E-state index in [1.165, 1.54) is 0 Å². The van der Waals surface area contributed by atoms with Crippen molar-refractivity contribution in [2.24, 2.45) is 4.99 Å². The molecule has 0 bridgehead atoms. The van der Waals surface area contributed by atoms with Gasteiger partial charge in [0.25, 0.3) is 5.91 Å². The van der Waals surface area contributed by atoms with Crippen LogP contribution < -0.4 is 4.90 Å². The number of carboxylic acids is 1. The summed E-state index contributed by atoms with van der Waals surface area (Å²) in [5.74, 6) is -0.949. The first-order valence-corrected chi connectivity index (χ1v) is 9.80. The molecule has 1 aromatic carbocycles.